The summed E-state index contributed by atoms with van der Waals surface area (Å²) in [6.07, 6.45) is 8.20. The van der Waals surface area contributed by atoms with Crippen LogP contribution in [0.1, 0.15) is 45.6 Å². The summed E-state index contributed by atoms with van der Waals surface area (Å²) in [6, 6.07) is 6.79. The summed E-state index contributed by atoms with van der Waals surface area (Å²) in [5.74, 6) is 0.944. The summed E-state index contributed by atoms with van der Waals surface area (Å²) in [4.78, 5) is 4.47. The van der Waals surface area contributed by atoms with Crippen molar-refractivity contribution in [1.82, 2.24) is 5.32 Å². The third-order valence-electron chi connectivity index (χ3n) is 5.52. The second kappa shape index (κ2) is 10.9. The first-order chi connectivity index (χ1) is 13.5. The lowest BCUT2D eigenvalue weighted by atomic mass is 9.83. The minimum atomic E-state index is 0.528. The van der Waals surface area contributed by atoms with Crippen LogP contribution in [-0.4, -0.2) is 32.5 Å². The molecular weight excluding hydrogens is 346 g/mol. The van der Waals surface area contributed by atoms with Gasteiger partial charge in [-0.05, 0) is 81.5 Å². The Bertz CT molecular complexity index is 774. The molecule has 1 aliphatic rings. The molecule has 0 fully saturated rings. The SMILES string of the molecule is C=C/N=C(C)\C(=C/CNc1ccc(OC)c(CC)c1)C1=C(C)CCC(NC)C1. The third kappa shape index (κ3) is 5.59. The quantitative estimate of drug-likeness (QED) is 0.571. The van der Waals surface area contributed by atoms with Gasteiger partial charge in [-0.3, -0.25) is 4.99 Å². The standard InChI is InChI=1S/C24H35N3O/c1-7-19-15-21(11-12-24(19)28-6)27-14-13-22(18(4)26-8-2)23-16-20(25-5)10-9-17(23)3/h8,11-13,15,20,25,27H,2,7,9-10,14,16H2,1,3-6H3/b22-13+,26-18-. The minimum Gasteiger partial charge on any atom is -0.496 e. The maximum Gasteiger partial charge on any atom is 0.122 e. The zero-order valence-electron chi connectivity index (χ0n) is 18.1. The minimum absolute atomic E-state index is 0.528. The lowest BCUT2D eigenvalue weighted by molar-refractivity contribution is 0.410. The Hall–Kier alpha value is -2.33. The van der Waals surface area contributed by atoms with Gasteiger partial charge in [-0.1, -0.05) is 25.2 Å². The number of hydrogen-bond acceptors (Lipinski definition) is 4. The Labute approximate surface area is 170 Å². The van der Waals surface area contributed by atoms with Crippen molar-refractivity contribution in [1.29, 1.82) is 0 Å². The van der Waals surface area contributed by atoms with Gasteiger partial charge >= 0.3 is 0 Å². The number of rotatable bonds is 9. The zero-order chi connectivity index (χ0) is 20.5. The Kier molecular flexibility index (Phi) is 8.52. The Morgan fingerprint density at radius 3 is 2.82 bits per heavy atom. The van der Waals surface area contributed by atoms with Crippen molar-refractivity contribution < 1.29 is 4.74 Å². The van der Waals surface area contributed by atoms with Gasteiger partial charge in [-0.25, -0.2) is 0 Å². The van der Waals surface area contributed by atoms with E-state index in [1.807, 2.05) is 13.1 Å². The van der Waals surface area contributed by atoms with E-state index in [0.29, 0.717) is 6.04 Å². The molecule has 2 rings (SSSR count). The van der Waals surface area contributed by atoms with Crippen molar-refractivity contribution in [2.75, 3.05) is 26.0 Å². The van der Waals surface area contributed by atoms with Gasteiger partial charge in [-0.15, -0.1) is 0 Å². The van der Waals surface area contributed by atoms with Crippen molar-refractivity contribution in [3.63, 3.8) is 0 Å². The van der Waals surface area contributed by atoms with Crippen LogP contribution in [0.2, 0.25) is 0 Å². The molecule has 4 nitrogen and oxygen atoms in total. The molecule has 0 aliphatic heterocycles. The van der Waals surface area contributed by atoms with E-state index >= 15 is 0 Å². The number of nitrogens with one attached hydrogen (secondary N) is 2. The Morgan fingerprint density at radius 2 is 2.18 bits per heavy atom. The largest absolute Gasteiger partial charge is 0.496 e. The molecule has 0 saturated heterocycles. The number of methoxy groups -OCH3 is 1. The van der Waals surface area contributed by atoms with Crippen LogP contribution < -0.4 is 15.4 Å². The van der Waals surface area contributed by atoms with E-state index in [9.17, 15) is 0 Å². The van der Waals surface area contributed by atoms with Crippen molar-refractivity contribution in [3.8, 4) is 5.75 Å². The Morgan fingerprint density at radius 1 is 1.39 bits per heavy atom. The summed E-state index contributed by atoms with van der Waals surface area (Å²) in [7, 11) is 3.77. The first kappa shape index (κ1) is 22.0. The number of allylic oxidation sites excluding steroid dienone is 2. The first-order valence-corrected chi connectivity index (χ1v) is 10.2. The van der Waals surface area contributed by atoms with Crippen molar-refractivity contribution in [2.24, 2.45) is 4.99 Å². The van der Waals surface area contributed by atoms with E-state index in [2.05, 4.69) is 61.2 Å². The number of benzene rings is 1. The van der Waals surface area contributed by atoms with Gasteiger partial charge in [0.15, 0.2) is 0 Å². The van der Waals surface area contributed by atoms with Crippen LogP contribution in [0.25, 0.3) is 0 Å². The van der Waals surface area contributed by atoms with Crippen LogP contribution in [0.15, 0.2) is 58.8 Å². The molecule has 0 radical (unpaired) electrons. The fraction of sp³-hybridized carbons (Fsp3) is 0.458. The number of nitrogens with zero attached hydrogens (tertiary/aromatic N) is 1. The second-order valence-corrected chi connectivity index (χ2v) is 7.26. The highest BCUT2D eigenvalue weighted by atomic mass is 16.5. The van der Waals surface area contributed by atoms with E-state index in [-0.39, 0.29) is 0 Å². The predicted molar refractivity (Wildman–Crippen MR) is 122 cm³/mol. The predicted octanol–water partition coefficient (Wildman–Crippen LogP) is 5.29. The lowest BCUT2D eigenvalue weighted by Crippen LogP contribution is -2.29. The van der Waals surface area contributed by atoms with Gasteiger partial charge in [0.2, 0.25) is 0 Å². The highest BCUT2D eigenvalue weighted by Gasteiger charge is 2.21. The molecule has 1 atom stereocenters. The molecule has 1 aromatic rings. The smallest absolute Gasteiger partial charge is 0.122 e. The molecule has 152 valence electrons. The average Bonchev–Trinajstić information content (AvgIpc) is 2.71. The van der Waals surface area contributed by atoms with Crippen LogP contribution in [0.5, 0.6) is 5.75 Å². The van der Waals surface area contributed by atoms with Crippen LogP contribution >= 0.6 is 0 Å². The Balaban J connectivity index is 2.24. The summed E-state index contributed by atoms with van der Waals surface area (Å²) in [5.41, 5.74) is 7.45. The summed E-state index contributed by atoms with van der Waals surface area (Å²) in [6.45, 7) is 11.0. The summed E-state index contributed by atoms with van der Waals surface area (Å²) < 4.78 is 5.43. The van der Waals surface area contributed by atoms with Crippen LogP contribution in [0.4, 0.5) is 5.69 Å². The van der Waals surface area contributed by atoms with Crippen molar-refractivity contribution in [2.45, 2.75) is 52.5 Å². The number of aryl methyl sites for hydroxylation is 1. The van der Waals surface area contributed by atoms with Crippen LogP contribution in [0.3, 0.4) is 0 Å². The van der Waals surface area contributed by atoms with Gasteiger partial charge in [0, 0.05) is 30.2 Å². The molecule has 0 spiro atoms. The van der Waals surface area contributed by atoms with E-state index in [1.165, 1.54) is 28.7 Å². The number of aliphatic imine (C=N–C) groups is 1. The molecule has 0 aromatic heterocycles. The molecule has 1 aromatic carbocycles. The van der Waals surface area contributed by atoms with Crippen molar-refractivity contribution in [3.05, 3.63) is 59.3 Å². The number of hydrogen-bond donors (Lipinski definition) is 2. The van der Waals surface area contributed by atoms with Crippen molar-refractivity contribution >= 4 is 11.4 Å². The normalized spacial score (nSPS) is 18.2. The fourth-order valence-electron chi connectivity index (χ4n) is 3.78. The summed E-state index contributed by atoms with van der Waals surface area (Å²) >= 11 is 0. The van der Waals surface area contributed by atoms with Gasteiger partial charge in [0.1, 0.15) is 5.75 Å². The third-order valence-corrected chi connectivity index (χ3v) is 5.52. The highest BCUT2D eigenvalue weighted by molar-refractivity contribution is 6.02. The molecule has 4 heteroatoms. The van der Waals surface area contributed by atoms with E-state index in [1.54, 1.807) is 13.3 Å². The summed E-state index contributed by atoms with van der Waals surface area (Å²) in [5, 5.41) is 6.96. The molecule has 1 aliphatic carbocycles. The molecular formula is C24H35N3O. The molecule has 0 bridgehead atoms. The van der Waals surface area contributed by atoms with Crippen LogP contribution in [-0.2, 0) is 6.42 Å². The first-order valence-electron chi connectivity index (χ1n) is 10.2. The van der Waals surface area contributed by atoms with E-state index in [0.717, 1.165) is 43.0 Å². The molecule has 2 N–H and O–H groups in total. The molecule has 0 amide bonds. The zero-order valence-corrected chi connectivity index (χ0v) is 18.1. The number of anilines is 1. The lowest BCUT2D eigenvalue weighted by Gasteiger charge is -2.27. The van der Waals surface area contributed by atoms with E-state index < -0.39 is 0 Å². The highest BCUT2D eigenvalue weighted by Crippen LogP contribution is 2.31. The maximum atomic E-state index is 5.43. The average molecular weight is 382 g/mol. The molecule has 0 saturated carbocycles. The fourth-order valence-corrected chi connectivity index (χ4v) is 3.78. The molecule has 28 heavy (non-hydrogen) atoms. The van der Waals surface area contributed by atoms with E-state index in [4.69, 9.17) is 4.74 Å². The topological polar surface area (TPSA) is 45.7 Å². The van der Waals surface area contributed by atoms with Gasteiger partial charge in [0.25, 0.3) is 0 Å². The monoisotopic (exact) mass is 381 g/mol. The van der Waals surface area contributed by atoms with Gasteiger partial charge in [-0.2, -0.15) is 0 Å². The molecule has 0 heterocycles. The van der Waals surface area contributed by atoms with Gasteiger partial charge < -0.3 is 15.4 Å². The number of ether oxygens (including phenoxy) is 1. The van der Waals surface area contributed by atoms with Crippen LogP contribution in [0, 0.1) is 0 Å². The molecule has 1 unspecified atom stereocenters. The second-order valence-electron chi connectivity index (χ2n) is 7.26. The maximum absolute atomic E-state index is 5.43. The van der Waals surface area contributed by atoms with Gasteiger partial charge in [0.05, 0.1) is 7.11 Å².